The Morgan fingerprint density at radius 1 is 1.24 bits per heavy atom. The van der Waals surface area contributed by atoms with Crippen molar-refractivity contribution in [1.82, 2.24) is 0 Å². The Bertz CT molecular complexity index is 611. The second-order valence-electron chi connectivity index (χ2n) is 4.56. The molecule has 0 saturated heterocycles. The molecule has 2 rings (SSSR count). The van der Waals surface area contributed by atoms with Gasteiger partial charge in [-0.1, -0.05) is 23.7 Å². The van der Waals surface area contributed by atoms with Gasteiger partial charge in [0, 0.05) is 21.4 Å². The van der Waals surface area contributed by atoms with E-state index in [1.807, 2.05) is 55.5 Å². The highest BCUT2D eigenvalue weighted by molar-refractivity contribution is 7.99. The molecule has 0 aliphatic carbocycles. The van der Waals surface area contributed by atoms with Crippen molar-refractivity contribution in [2.24, 2.45) is 10.7 Å². The lowest BCUT2D eigenvalue weighted by molar-refractivity contribution is 1.13. The first-order chi connectivity index (χ1) is 10.1. The van der Waals surface area contributed by atoms with Crippen molar-refractivity contribution in [2.45, 2.75) is 11.8 Å². The highest BCUT2D eigenvalue weighted by Crippen LogP contribution is 2.19. The summed E-state index contributed by atoms with van der Waals surface area (Å²) in [6.07, 6.45) is 0. The summed E-state index contributed by atoms with van der Waals surface area (Å²) < 4.78 is 0. The molecule has 110 valence electrons. The van der Waals surface area contributed by atoms with Crippen LogP contribution in [0.5, 0.6) is 0 Å². The van der Waals surface area contributed by atoms with E-state index in [9.17, 15) is 0 Å². The van der Waals surface area contributed by atoms with E-state index in [1.165, 1.54) is 10.5 Å². The van der Waals surface area contributed by atoms with Crippen molar-refractivity contribution < 1.29 is 0 Å². The predicted octanol–water partition coefficient (Wildman–Crippen LogP) is 4.17. The maximum Gasteiger partial charge on any atom is 0.193 e. The van der Waals surface area contributed by atoms with Crippen molar-refractivity contribution >= 4 is 35.0 Å². The van der Waals surface area contributed by atoms with Crippen LogP contribution in [0.1, 0.15) is 5.56 Å². The summed E-state index contributed by atoms with van der Waals surface area (Å²) >= 11 is 7.58. The molecule has 0 saturated carbocycles. The van der Waals surface area contributed by atoms with Gasteiger partial charge in [-0.2, -0.15) is 0 Å². The normalized spacial score (nSPS) is 11.4. The van der Waals surface area contributed by atoms with Crippen LogP contribution in [0, 0.1) is 6.92 Å². The number of thioether (sulfide) groups is 1. The number of aliphatic imine (C=N–C) groups is 1. The molecule has 0 aliphatic heterocycles. The Morgan fingerprint density at radius 3 is 2.71 bits per heavy atom. The van der Waals surface area contributed by atoms with Gasteiger partial charge in [0.1, 0.15) is 0 Å². The first-order valence-electron chi connectivity index (χ1n) is 6.65. The molecule has 0 amide bonds. The smallest absolute Gasteiger partial charge is 0.193 e. The molecule has 0 radical (unpaired) electrons. The Kier molecular flexibility index (Phi) is 5.96. The Labute approximate surface area is 134 Å². The molecule has 0 bridgehead atoms. The van der Waals surface area contributed by atoms with Crippen LogP contribution in [0.15, 0.2) is 58.4 Å². The number of hydrogen-bond acceptors (Lipinski definition) is 2. The molecule has 0 fully saturated rings. The lowest BCUT2D eigenvalue weighted by atomic mass is 10.2. The number of nitrogens with one attached hydrogen (secondary N) is 1. The number of nitrogens with two attached hydrogens (primary N) is 1. The number of guanidine groups is 1. The minimum absolute atomic E-state index is 0.442. The molecule has 0 spiro atoms. The van der Waals surface area contributed by atoms with Crippen LogP contribution in [-0.2, 0) is 0 Å². The number of aryl methyl sites for hydroxylation is 1. The first-order valence-corrected chi connectivity index (χ1v) is 8.02. The summed E-state index contributed by atoms with van der Waals surface area (Å²) in [6, 6.07) is 15.8. The molecule has 0 atom stereocenters. The molecule has 5 heteroatoms. The zero-order chi connectivity index (χ0) is 15.1. The highest BCUT2D eigenvalue weighted by atomic mass is 35.5. The fourth-order valence-corrected chi connectivity index (χ4v) is 2.64. The van der Waals surface area contributed by atoms with E-state index >= 15 is 0 Å². The number of rotatable bonds is 5. The zero-order valence-corrected chi connectivity index (χ0v) is 13.4. The van der Waals surface area contributed by atoms with Gasteiger partial charge in [-0.05, 0) is 48.9 Å². The average Bonchev–Trinajstić information content (AvgIpc) is 2.45. The van der Waals surface area contributed by atoms with Gasteiger partial charge in [0.05, 0.1) is 6.54 Å². The third kappa shape index (κ3) is 5.69. The predicted molar refractivity (Wildman–Crippen MR) is 93.5 cm³/mol. The summed E-state index contributed by atoms with van der Waals surface area (Å²) in [6.45, 7) is 2.71. The van der Waals surface area contributed by atoms with Gasteiger partial charge in [0.15, 0.2) is 5.96 Å². The van der Waals surface area contributed by atoms with Gasteiger partial charge in [0.25, 0.3) is 0 Å². The number of benzene rings is 2. The minimum Gasteiger partial charge on any atom is -0.370 e. The van der Waals surface area contributed by atoms with Crippen molar-refractivity contribution in [3.8, 4) is 0 Å². The van der Waals surface area contributed by atoms with Gasteiger partial charge < -0.3 is 11.1 Å². The van der Waals surface area contributed by atoms with Gasteiger partial charge in [0.2, 0.25) is 0 Å². The number of nitrogens with zero attached hydrogens (tertiary/aromatic N) is 1. The standard InChI is InChI=1S/C16H18ClN3S/c1-12-3-2-4-14(11-12)20-16(18)19-9-10-21-15-7-5-13(17)6-8-15/h2-8,11H,9-10H2,1H3,(H3,18,19,20). The summed E-state index contributed by atoms with van der Waals surface area (Å²) in [7, 11) is 0. The van der Waals surface area contributed by atoms with Crippen LogP contribution in [0.3, 0.4) is 0 Å². The van der Waals surface area contributed by atoms with E-state index in [1.54, 1.807) is 11.8 Å². The minimum atomic E-state index is 0.442. The van der Waals surface area contributed by atoms with E-state index < -0.39 is 0 Å². The van der Waals surface area contributed by atoms with Crippen LogP contribution < -0.4 is 11.1 Å². The quantitative estimate of drug-likeness (QED) is 0.376. The monoisotopic (exact) mass is 319 g/mol. The van der Waals surface area contributed by atoms with E-state index in [4.69, 9.17) is 17.3 Å². The molecule has 0 unspecified atom stereocenters. The maximum absolute atomic E-state index is 5.87. The van der Waals surface area contributed by atoms with Gasteiger partial charge in [-0.25, -0.2) is 0 Å². The molecule has 3 nitrogen and oxygen atoms in total. The van der Waals surface area contributed by atoms with Gasteiger partial charge in [-0.15, -0.1) is 11.8 Å². The third-order valence-corrected chi connectivity index (χ3v) is 3.99. The van der Waals surface area contributed by atoms with Crippen molar-refractivity contribution in [3.63, 3.8) is 0 Å². The second kappa shape index (κ2) is 7.96. The summed E-state index contributed by atoms with van der Waals surface area (Å²) in [5, 5.41) is 3.84. The SMILES string of the molecule is Cc1cccc(NC(N)=NCCSc2ccc(Cl)cc2)c1. The third-order valence-electron chi connectivity index (χ3n) is 2.75. The summed E-state index contributed by atoms with van der Waals surface area (Å²) in [5.74, 6) is 1.31. The van der Waals surface area contributed by atoms with Crippen molar-refractivity contribution in [3.05, 3.63) is 59.1 Å². The fourth-order valence-electron chi connectivity index (χ4n) is 1.77. The average molecular weight is 320 g/mol. The molecule has 3 N–H and O–H groups in total. The van der Waals surface area contributed by atoms with Crippen LogP contribution in [-0.4, -0.2) is 18.3 Å². The highest BCUT2D eigenvalue weighted by Gasteiger charge is 1.96. The van der Waals surface area contributed by atoms with Crippen LogP contribution in [0.25, 0.3) is 0 Å². The Morgan fingerprint density at radius 2 is 2.00 bits per heavy atom. The first kappa shape index (κ1) is 15.7. The van der Waals surface area contributed by atoms with Crippen LogP contribution in [0.2, 0.25) is 5.02 Å². The largest absolute Gasteiger partial charge is 0.370 e. The lowest BCUT2D eigenvalue weighted by Gasteiger charge is -2.06. The van der Waals surface area contributed by atoms with Crippen molar-refractivity contribution in [1.29, 1.82) is 0 Å². The number of anilines is 1. The molecule has 2 aromatic carbocycles. The maximum atomic E-state index is 5.87. The van der Waals surface area contributed by atoms with Crippen molar-refractivity contribution in [2.75, 3.05) is 17.6 Å². The molecule has 2 aromatic rings. The van der Waals surface area contributed by atoms with Gasteiger partial charge >= 0.3 is 0 Å². The zero-order valence-electron chi connectivity index (χ0n) is 11.8. The molecule has 0 heterocycles. The molecular formula is C16H18ClN3S. The van der Waals surface area contributed by atoms with Crippen LogP contribution >= 0.6 is 23.4 Å². The van der Waals surface area contributed by atoms with Crippen LogP contribution in [0.4, 0.5) is 5.69 Å². The number of halogens is 1. The summed E-state index contributed by atoms with van der Waals surface area (Å²) in [5.41, 5.74) is 8.01. The summed E-state index contributed by atoms with van der Waals surface area (Å²) in [4.78, 5) is 5.50. The van der Waals surface area contributed by atoms with E-state index in [-0.39, 0.29) is 0 Å². The van der Waals surface area contributed by atoms with E-state index in [2.05, 4.69) is 10.3 Å². The Hall–Kier alpha value is -1.65. The number of hydrogen-bond donors (Lipinski definition) is 2. The molecule has 0 aromatic heterocycles. The second-order valence-corrected chi connectivity index (χ2v) is 6.17. The molecule has 0 aliphatic rings. The Balaban J connectivity index is 1.77. The fraction of sp³-hybridized carbons (Fsp3) is 0.188. The topological polar surface area (TPSA) is 50.4 Å². The van der Waals surface area contributed by atoms with E-state index in [0.717, 1.165) is 16.5 Å². The molecule has 21 heavy (non-hydrogen) atoms. The lowest BCUT2D eigenvalue weighted by Crippen LogP contribution is -2.23. The van der Waals surface area contributed by atoms with E-state index in [0.29, 0.717) is 12.5 Å². The van der Waals surface area contributed by atoms with Gasteiger partial charge in [-0.3, -0.25) is 4.99 Å². The molecular weight excluding hydrogens is 302 g/mol.